The van der Waals surface area contributed by atoms with Gasteiger partial charge in [-0.15, -0.1) is 11.3 Å². The summed E-state index contributed by atoms with van der Waals surface area (Å²) in [6.07, 6.45) is 5.16. The highest BCUT2D eigenvalue weighted by atomic mass is 32.1. The van der Waals surface area contributed by atoms with Crippen molar-refractivity contribution < 1.29 is 4.79 Å². The summed E-state index contributed by atoms with van der Waals surface area (Å²) in [4.78, 5) is 17.3. The zero-order valence-electron chi connectivity index (χ0n) is 9.82. The first-order valence-corrected chi connectivity index (χ1v) is 6.65. The van der Waals surface area contributed by atoms with Gasteiger partial charge in [-0.2, -0.15) is 5.26 Å². The quantitative estimate of drug-likeness (QED) is 0.887. The summed E-state index contributed by atoms with van der Waals surface area (Å²) in [5.74, 6) is -0.139. The van der Waals surface area contributed by atoms with Crippen LogP contribution in [0.1, 0.15) is 36.1 Å². The topological polar surface area (TPSA) is 65.8 Å². The van der Waals surface area contributed by atoms with Crippen LogP contribution in [0.15, 0.2) is 6.20 Å². The van der Waals surface area contributed by atoms with Crippen molar-refractivity contribution in [2.75, 3.05) is 0 Å². The zero-order valence-corrected chi connectivity index (χ0v) is 10.6. The van der Waals surface area contributed by atoms with E-state index in [1.165, 1.54) is 4.88 Å². The highest BCUT2D eigenvalue weighted by Gasteiger charge is 2.44. The number of aromatic nitrogens is 1. The number of thiazole rings is 1. The van der Waals surface area contributed by atoms with Crippen LogP contribution in [0.2, 0.25) is 0 Å². The van der Waals surface area contributed by atoms with Crippen molar-refractivity contribution in [3.05, 3.63) is 16.1 Å². The maximum atomic E-state index is 11.9. The first-order valence-electron chi connectivity index (χ1n) is 5.83. The molecule has 1 aromatic rings. The van der Waals surface area contributed by atoms with Crippen LogP contribution < -0.4 is 5.32 Å². The molecule has 0 spiro atoms. The molecule has 0 bridgehead atoms. The minimum absolute atomic E-state index is 0.139. The highest BCUT2D eigenvalue weighted by molar-refractivity contribution is 7.11. The van der Waals surface area contributed by atoms with Crippen molar-refractivity contribution in [1.82, 2.24) is 10.3 Å². The standard InChI is InChI=1S/C12H15N3OS/c1-2-9-6-14-10(17-9)7-15-11(16)12(8-13)4-3-5-12/h6H,2-5,7H2,1H3,(H,15,16). The molecule has 0 radical (unpaired) electrons. The molecule has 0 saturated heterocycles. The van der Waals surface area contributed by atoms with Crippen LogP contribution in [0.25, 0.3) is 0 Å². The van der Waals surface area contributed by atoms with Crippen molar-refractivity contribution in [3.8, 4) is 6.07 Å². The van der Waals surface area contributed by atoms with Gasteiger partial charge in [-0.1, -0.05) is 6.92 Å². The summed E-state index contributed by atoms with van der Waals surface area (Å²) < 4.78 is 0. The van der Waals surface area contributed by atoms with Crippen molar-refractivity contribution >= 4 is 17.2 Å². The normalized spacial score (nSPS) is 16.9. The number of aryl methyl sites for hydroxylation is 1. The molecule has 1 N–H and O–H groups in total. The van der Waals surface area contributed by atoms with Gasteiger partial charge in [-0.25, -0.2) is 4.98 Å². The molecule has 1 saturated carbocycles. The molecule has 1 aliphatic carbocycles. The molecule has 90 valence electrons. The Morgan fingerprint density at radius 2 is 2.47 bits per heavy atom. The van der Waals surface area contributed by atoms with Crippen molar-refractivity contribution in [2.45, 2.75) is 39.2 Å². The van der Waals surface area contributed by atoms with Crippen LogP contribution in [-0.4, -0.2) is 10.9 Å². The number of carbonyl (C=O) groups excluding carboxylic acids is 1. The second-order valence-electron chi connectivity index (χ2n) is 4.30. The zero-order chi connectivity index (χ0) is 12.3. The molecule has 2 rings (SSSR count). The Balaban J connectivity index is 1.90. The fourth-order valence-electron chi connectivity index (χ4n) is 1.84. The molecule has 0 aliphatic heterocycles. The fourth-order valence-corrected chi connectivity index (χ4v) is 2.64. The number of nitrogens with one attached hydrogen (secondary N) is 1. The van der Waals surface area contributed by atoms with Gasteiger partial charge in [-0.05, 0) is 25.7 Å². The van der Waals surface area contributed by atoms with Crippen molar-refractivity contribution in [1.29, 1.82) is 5.26 Å². The Hall–Kier alpha value is -1.41. The van der Waals surface area contributed by atoms with E-state index in [0.717, 1.165) is 17.8 Å². The maximum absolute atomic E-state index is 11.9. The first kappa shape index (κ1) is 12.1. The lowest BCUT2D eigenvalue weighted by Crippen LogP contribution is -2.44. The Morgan fingerprint density at radius 3 is 2.94 bits per heavy atom. The van der Waals surface area contributed by atoms with Gasteiger partial charge in [0.2, 0.25) is 5.91 Å². The van der Waals surface area contributed by atoms with E-state index in [1.807, 2.05) is 6.20 Å². The molecule has 0 atom stereocenters. The van der Waals surface area contributed by atoms with Crippen LogP contribution in [0.4, 0.5) is 0 Å². The Kier molecular flexibility index (Phi) is 3.43. The molecule has 1 heterocycles. The molecule has 1 fully saturated rings. The van der Waals surface area contributed by atoms with Gasteiger partial charge >= 0.3 is 0 Å². The minimum atomic E-state index is -0.759. The molecule has 1 aliphatic rings. The molecule has 17 heavy (non-hydrogen) atoms. The second-order valence-corrected chi connectivity index (χ2v) is 5.50. The molecular formula is C12H15N3OS. The van der Waals surface area contributed by atoms with E-state index < -0.39 is 5.41 Å². The van der Waals surface area contributed by atoms with E-state index in [4.69, 9.17) is 5.26 Å². The number of hydrogen-bond donors (Lipinski definition) is 1. The number of rotatable bonds is 4. The summed E-state index contributed by atoms with van der Waals surface area (Å²) in [6, 6.07) is 2.14. The van der Waals surface area contributed by atoms with Gasteiger partial charge in [0.15, 0.2) is 0 Å². The van der Waals surface area contributed by atoms with E-state index in [-0.39, 0.29) is 5.91 Å². The molecule has 0 unspecified atom stereocenters. The summed E-state index contributed by atoms with van der Waals surface area (Å²) in [5, 5.41) is 12.7. The van der Waals surface area contributed by atoms with Crippen molar-refractivity contribution in [2.24, 2.45) is 5.41 Å². The Morgan fingerprint density at radius 1 is 1.71 bits per heavy atom. The van der Waals surface area contributed by atoms with Gasteiger partial charge in [-0.3, -0.25) is 4.79 Å². The van der Waals surface area contributed by atoms with Gasteiger partial charge in [0.1, 0.15) is 10.4 Å². The fraction of sp³-hybridized carbons (Fsp3) is 0.583. The Labute approximate surface area is 105 Å². The average Bonchev–Trinajstić information content (AvgIpc) is 2.73. The third-order valence-corrected chi connectivity index (χ3v) is 4.35. The summed E-state index contributed by atoms with van der Waals surface area (Å²) in [5.41, 5.74) is -0.759. The molecule has 5 heteroatoms. The molecule has 0 aromatic carbocycles. The Bertz CT molecular complexity index is 457. The summed E-state index contributed by atoms with van der Waals surface area (Å²) in [6.45, 7) is 2.52. The van der Waals surface area contributed by atoms with Gasteiger partial charge < -0.3 is 5.32 Å². The minimum Gasteiger partial charge on any atom is -0.348 e. The predicted molar refractivity (Wildman–Crippen MR) is 65.2 cm³/mol. The van der Waals surface area contributed by atoms with Gasteiger partial charge in [0.05, 0.1) is 12.6 Å². The number of hydrogen-bond acceptors (Lipinski definition) is 4. The van der Waals surface area contributed by atoms with Gasteiger partial charge in [0.25, 0.3) is 0 Å². The highest BCUT2D eigenvalue weighted by Crippen LogP contribution is 2.40. The van der Waals surface area contributed by atoms with Gasteiger partial charge in [0, 0.05) is 11.1 Å². The number of carbonyl (C=O) groups is 1. The lowest BCUT2D eigenvalue weighted by atomic mass is 9.69. The smallest absolute Gasteiger partial charge is 0.240 e. The third-order valence-electron chi connectivity index (χ3n) is 3.21. The van der Waals surface area contributed by atoms with Crippen LogP contribution in [-0.2, 0) is 17.8 Å². The lowest BCUT2D eigenvalue weighted by Gasteiger charge is -2.33. The summed E-state index contributed by atoms with van der Waals surface area (Å²) >= 11 is 1.61. The predicted octanol–water partition coefficient (Wildman–Crippen LogP) is 2.02. The molecule has 1 aromatic heterocycles. The monoisotopic (exact) mass is 249 g/mol. The average molecular weight is 249 g/mol. The molecule has 4 nitrogen and oxygen atoms in total. The van der Waals surface area contributed by atoms with Crippen LogP contribution >= 0.6 is 11.3 Å². The van der Waals surface area contributed by atoms with E-state index in [9.17, 15) is 4.79 Å². The number of nitriles is 1. The largest absolute Gasteiger partial charge is 0.348 e. The van der Waals surface area contributed by atoms with E-state index in [0.29, 0.717) is 19.4 Å². The van der Waals surface area contributed by atoms with Crippen LogP contribution in [0.5, 0.6) is 0 Å². The first-order chi connectivity index (χ1) is 8.20. The third kappa shape index (κ3) is 2.32. The van der Waals surface area contributed by atoms with E-state index in [2.05, 4.69) is 23.3 Å². The van der Waals surface area contributed by atoms with Crippen LogP contribution in [0, 0.1) is 16.7 Å². The van der Waals surface area contributed by atoms with E-state index in [1.54, 1.807) is 11.3 Å². The molecular weight excluding hydrogens is 234 g/mol. The number of nitrogens with zero attached hydrogens (tertiary/aromatic N) is 2. The SMILES string of the molecule is CCc1cnc(CNC(=O)C2(C#N)CCC2)s1. The van der Waals surface area contributed by atoms with E-state index >= 15 is 0 Å². The van der Waals surface area contributed by atoms with Crippen molar-refractivity contribution in [3.63, 3.8) is 0 Å². The molecule has 1 amide bonds. The second kappa shape index (κ2) is 4.84. The summed E-state index contributed by atoms with van der Waals surface area (Å²) in [7, 11) is 0. The number of amides is 1. The lowest BCUT2D eigenvalue weighted by molar-refractivity contribution is -0.131. The van der Waals surface area contributed by atoms with Crippen LogP contribution in [0.3, 0.4) is 0 Å². The maximum Gasteiger partial charge on any atom is 0.240 e.